The molecule has 0 saturated carbocycles. The number of carbonyl (C=O) groups is 1. The molecule has 1 fully saturated rings. The number of aliphatic hydroxyl groups excluding tert-OH is 1. The number of aromatic nitrogens is 1. The molecular formula is C26H31N3O4. The van der Waals surface area contributed by atoms with E-state index in [1.807, 2.05) is 30.1 Å². The number of nitrogens with zero attached hydrogens (tertiary/aromatic N) is 3. The van der Waals surface area contributed by atoms with Crippen molar-refractivity contribution < 1.29 is 19.4 Å². The van der Waals surface area contributed by atoms with E-state index in [1.54, 1.807) is 7.11 Å². The van der Waals surface area contributed by atoms with Gasteiger partial charge in [0.1, 0.15) is 12.4 Å². The Morgan fingerprint density at radius 2 is 1.88 bits per heavy atom. The maximum atomic E-state index is 13.1. The minimum Gasteiger partial charge on any atom is -0.497 e. The third-order valence-electron chi connectivity index (χ3n) is 7.21. The normalized spacial score (nSPS) is 19.5. The summed E-state index contributed by atoms with van der Waals surface area (Å²) in [6.07, 6.45) is 0. The van der Waals surface area contributed by atoms with Gasteiger partial charge in [-0.05, 0) is 23.3 Å². The maximum absolute atomic E-state index is 13.1. The van der Waals surface area contributed by atoms with Crippen molar-refractivity contribution in [2.24, 2.45) is 7.05 Å². The molecule has 1 atom stereocenters. The summed E-state index contributed by atoms with van der Waals surface area (Å²) in [6.45, 7) is 3.04. The number of amides is 1. The second-order valence-electron chi connectivity index (χ2n) is 9.27. The Kier molecular flexibility index (Phi) is 5.64. The SMILES string of the molecule is COCC(=O)N1CC2(CN(Cc3ccccc3)C2)c2c(n(C)c3cc(OC)ccc23)[C@@H]1CO. The molecule has 1 amide bonds. The first-order valence-corrected chi connectivity index (χ1v) is 11.3. The molecule has 0 unspecified atom stereocenters. The minimum atomic E-state index is -0.403. The summed E-state index contributed by atoms with van der Waals surface area (Å²) < 4.78 is 12.8. The van der Waals surface area contributed by atoms with Gasteiger partial charge in [-0.15, -0.1) is 0 Å². The highest BCUT2D eigenvalue weighted by molar-refractivity contribution is 5.90. The molecule has 0 aliphatic carbocycles. The molecule has 7 heteroatoms. The van der Waals surface area contributed by atoms with E-state index < -0.39 is 6.04 Å². The number of carbonyl (C=O) groups excluding carboxylic acids is 1. The van der Waals surface area contributed by atoms with Crippen molar-refractivity contribution in [3.8, 4) is 5.75 Å². The highest BCUT2D eigenvalue weighted by Crippen LogP contribution is 2.49. The van der Waals surface area contributed by atoms with Crippen LogP contribution in [0.3, 0.4) is 0 Å². The predicted molar refractivity (Wildman–Crippen MR) is 126 cm³/mol. The van der Waals surface area contributed by atoms with Crippen LogP contribution in [0, 0.1) is 0 Å². The molecule has 2 aromatic carbocycles. The van der Waals surface area contributed by atoms with Gasteiger partial charge in [0.05, 0.1) is 25.3 Å². The number of likely N-dealkylation sites (tertiary alicyclic amines) is 1. The molecule has 7 nitrogen and oxygen atoms in total. The number of hydrogen-bond donors (Lipinski definition) is 1. The van der Waals surface area contributed by atoms with Crippen molar-refractivity contribution in [3.05, 3.63) is 65.4 Å². The van der Waals surface area contributed by atoms with Crippen molar-refractivity contribution in [3.63, 3.8) is 0 Å². The number of aryl methyl sites for hydroxylation is 1. The van der Waals surface area contributed by atoms with E-state index >= 15 is 0 Å². The summed E-state index contributed by atoms with van der Waals surface area (Å²) in [6, 6.07) is 16.2. The summed E-state index contributed by atoms with van der Waals surface area (Å²) in [7, 11) is 5.22. The highest BCUT2D eigenvalue weighted by Gasteiger charge is 2.54. The summed E-state index contributed by atoms with van der Waals surface area (Å²) in [4.78, 5) is 17.3. The van der Waals surface area contributed by atoms with Gasteiger partial charge in [0.25, 0.3) is 0 Å². The van der Waals surface area contributed by atoms with Crippen LogP contribution >= 0.6 is 0 Å². The summed E-state index contributed by atoms with van der Waals surface area (Å²) in [5, 5.41) is 11.6. The van der Waals surface area contributed by atoms with Gasteiger partial charge in [0, 0.05) is 62.9 Å². The number of rotatable bonds is 6. The highest BCUT2D eigenvalue weighted by atomic mass is 16.5. The van der Waals surface area contributed by atoms with Gasteiger partial charge >= 0.3 is 0 Å². The average Bonchev–Trinajstić information content (AvgIpc) is 3.11. The van der Waals surface area contributed by atoms with Crippen LogP contribution in [0.4, 0.5) is 0 Å². The first kappa shape index (κ1) is 21.9. The van der Waals surface area contributed by atoms with Crippen LogP contribution in [0.2, 0.25) is 0 Å². The Morgan fingerprint density at radius 1 is 1.12 bits per heavy atom. The molecule has 1 spiro atoms. The van der Waals surface area contributed by atoms with Gasteiger partial charge in [-0.1, -0.05) is 30.3 Å². The largest absolute Gasteiger partial charge is 0.497 e. The summed E-state index contributed by atoms with van der Waals surface area (Å²) in [5.74, 6) is 0.701. The zero-order valence-electron chi connectivity index (χ0n) is 19.5. The number of methoxy groups -OCH3 is 2. The van der Waals surface area contributed by atoms with Crippen molar-refractivity contribution in [1.29, 1.82) is 0 Å². The number of ether oxygens (including phenoxy) is 2. The van der Waals surface area contributed by atoms with Crippen LogP contribution in [0.5, 0.6) is 5.75 Å². The summed E-state index contributed by atoms with van der Waals surface area (Å²) >= 11 is 0. The monoisotopic (exact) mass is 449 g/mol. The van der Waals surface area contributed by atoms with Crippen molar-refractivity contribution in [1.82, 2.24) is 14.4 Å². The molecular weight excluding hydrogens is 418 g/mol. The molecule has 2 aliphatic heterocycles. The molecule has 1 N–H and O–H groups in total. The van der Waals surface area contributed by atoms with Crippen LogP contribution in [0.25, 0.3) is 10.9 Å². The third kappa shape index (κ3) is 3.51. The zero-order chi connectivity index (χ0) is 23.2. The first-order valence-electron chi connectivity index (χ1n) is 11.3. The van der Waals surface area contributed by atoms with Gasteiger partial charge in [0.2, 0.25) is 5.91 Å². The molecule has 3 heterocycles. The minimum absolute atomic E-state index is 0.00735. The Hall–Kier alpha value is -2.87. The second-order valence-corrected chi connectivity index (χ2v) is 9.27. The van der Waals surface area contributed by atoms with Crippen molar-refractivity contribution in [2.45, 2.75) is 18.0 Å². The lowest BCUT2D eigenvalue weighted by molar-refractivity contribution is -0.143. The van der Waals surface area contributed by atoms with Gasteiger partial charge in [-0.2, -0.15) is 0 Å². The molecule has 0 bridgehead atoms. The number of benzene rings is 2. The van der Waals surface area contributed by atoms with E-state index in [0.717, 1.165) is 36.6 Å². The molecule has 33 heavy (non-hydrogen) atoms. The second kappa shape index (κ2) is 8.48. The Labute approximate surface area is 194 Å². The van der Waals surface area contributed by atoms with Crippen molar-refractivity contribution >= 4 is 16.8 Å². The Morgan fingerprint density at radius 3 is 2.55 bits per heavy atom. The Balaban J connectivity index is 1.59. The topological polar surface area (TPSA) is 67.2 Å². The number of aliphatic hydroxyl groups is 1. The molecule has 1 aromatic heterocycles. The lowest BCUT2D eigenvalue weighted by Gasteiger charge is -2.56. The fourth-order valence-corrected chi connectivity index (χ4v) is 5.85. The van der Waals surface area contributed by atoms with Crippen LogP contribution in [-0.4, -0.2) is 72.4 Å². The third-order valence-corrected chi connectivity index (χ3v) is 7.21. The number of hydrogen-bond acceptors (Lipinski definition) is 5. The van der Waals surface area contributed by atoms with Gasteiger partial charge in [-0.3, -0.25) is 9.69 Å². The smallest absolute Gasteiger partial charge is 0.249 e. The van der Waals surface area contributed by atoms with Gasteiger partial charge < -0.3 is 24.0 Å². The lowest BCUT2D eigenvalue weighted by Crippen LogP contribution is -2.67. The first-order chi connectivity index (χ1) is 16.0. The standard InChI is InChI=1S/C26H31N3O4/c1-27-21-11-19(33-3)9-10-20(21)24-25(27)22(13-30)29(23(31)14-32-2)17-26(24)15-28(16-26)12-18-7-5-4-6-8-18/h4-11,22,30H,12-17H2,1-3H3/t22-/m0/s1. The van der Waals surface area contributed by atoms with E-state index in [-0.39, 0.29) is 24.5 Å². The van der Waals surface area contributed by atoms with Crippen LogP contribution < -0.4 is 4.74 Å². The zero-order valence-corrected chi connectivity index (χ0v) is 19.5. The quantitative estimate of drug-likeness (QED) is 0.626. The van der Waals surface area contributed by atoms with Gasteiger partial charge in [0.15, 0.2) is 0 Å². The molecule has 3 aromatic rings. The van der Waals surface area contributed by atoms with Crippen LogP contribution in [-0.2, 0) is 28.5 Å². The predicted octanol–water partition coefficient (Wildman–Crippen LogP) is 2.46. The fourth-order valence-electron chi connectivity index (χ4n) is 5.85. The Bertz CT molecular complexity index is 1170. The van der Waals surface area contributed by atoms with Gasteiger partial charge in [-0.25, -0.2) is 0 Å². The molecule has 1 saturated heterocycles. The van der Waals surface area contributed by atoms with E-state index in [2.05, 4.69) is 39.8 Å². The molecule has 0 radical (unpaired) electrons. The van der Waals surface area contributed by atoms with Crippen molar-refractivity contribution in [2.75, 3.05) is 47.1 Å². The fraction of sp³-hybridized carbons (Fsp3) is 0.423. The lowest BCUT2D eigenvalue weighted by atomic mass is 9.68. The molecule has 2 aliphatic rings. The maximum Gasteiger partial charge on any atom is 0.249 e. The van der Waals surface area contributed by atoms with E-state index in [0.29, 0.717) is 6.54 Å². The van der Waals surface area contributed by atoms with E-state index in [9.17, 15) is 9.90 Å². The summed E-state index contributed by atoms with van der Waals surface area (Å²) in [5.41, 5.74) is 4.42. The number of fused-ring (bicyclic) bond motifs is 4. The average molecular weight is 450 g/mol. The molecule has 5 rings (SSSR count). The van der Waals surface area contributed by atoms with E-state index in [4.69, 9.17) is 9.47 Å². The van der Waals surface area contributed by atoms with Crippen LogP contribution in [0.15, 0.2) is 48.5 Å². The molecule has 174 valence electrons. The van der Waals surface area contributed by atoms with Crippen LogP contribution in [0.1, 0.15) is 22.9 Å². The van der Waals surface area contributed by atoms with E-state index in [1.165, 1.54) is 23.6 Å².